The molecule has 0 aromatic carbocycles. The summed E-state index contributed by atoms with van der Waals surface area (Å²) in [6.07, 6.45) is 2.60. The Morgan fingerprint density at radius 1 is 1.50 bits per heavy atom. The third-order valence-electron chi connectivity index (χ3n) is 2.80. The number of carbonyl (C=O) groups excluding carboxylic acids is 1. The largest absolute Gasteiger partial charge is 0.379 e. The highest BCUT2D eigenvalue weighted by Gasteiger charge is 2.21. The van der Waals surface area contributed by atoms with Gasteiger partial charge in [0.25, 0.3) is 0 Å². The fourth-order valence-electron chi connectivity index (χ4n) is 1.18. The van der Waals surface area contributed by atoms with E-state index in [1.807, 2.05) is 13.8 Å². The molecule has 1 fully saturated rings. The molecular formula is C11H23ClN2O2. The first-order valence-electron chi connectivity index (χ1n) is 5.72. The number of hydrogen-bond donors (Lipinski definition) is 2. The third kappa shape index (κ3) is 6.30. The van der Waals surface area contributed by atoms with Crippen LogP contribution in [0.3, 0.4) is 0 Å². The van der Waals surface area contributed by atoms with E-state index >= 15 is 0 Å². The standard InChI is InChI=1S/C11H22N2O2.ClH/c1-8(9(2)12)11(14)13-5-6-15-7-10-3-4-10;/h8-10H,3-7,12H2,1-2H3,(H,13,14);1H. The zero-order valence-corrected chi connectivity index (χ0v) is 10.9. The van der Waals surface area contributed by atoms with Crippen molar-refractivity contribution in [3.05, 3.63) is 0 Å². The molecule has 1 aliphatic carbocycles. The van der Waals surface area contributed by atoms with Crippen molar-refractivity contribution in [2.75, 3.05) is 19.8 Å². The molecule has 96 valence electrons. The van der Waals surface area contributed by atoms with Crippen LogP contribution in [0.1, 0.15) is 26.7 Å². The summed E-state index contributed by atoms with van der Waals surface area (Å²) in [6.45, 7) is 5.72. The Bertz CT molecular complexity index is 208. The lowest BCUT2D eigenvalue weighted by atomic mass is 10.0. The lowest BCUT2D eigenvalue weighted by Gasteiger charge is -2.15. The second-order valence-corrected chi connectivity index (χ2v) is 4.46. The van der Waals surface area contributed by atoms with E-state index in [4.69, 9.17) is 10.5 Å². The number of nitrogens with one attached hydrogen (secondary N) is 1. The minimum absolute atomic E-state index is 0. The van der Waals surface area contributed by atoms with Gasteiger partial charge in [-0.2, -0.15) is 0 Å². The van der Waals surface area contributed by atoms with E-state index in [9.17, 15) is 4.79 Å². The molecule has 0 aromatic rings. The molecule has 3 N–H and O–H groups in total. The van der Waals surface area contributed by atoms with E-state index < -0.39 is 0 Å². The molecule has 4 nitrogen and oxygen atoms in total. The van der Waals surface area contributed by atoms with Crippen molar-refractivity contribution in [1.29, 1.82) is 0 Å². The van der Waals surface area contributed by atoms with Crippen LogP contribution in [-0.2, 0) is 9.53 Å². The summed E-state index contributed by atoms with van der Waals surface area (Å²) in [5.41, 5.74) is 5.62. The van der Waals surface area contributed by atoms with Gasteiger partial charge in [0.15, 0.2) is 0 Å². The monoisotopic (exact) mass is 250 g/mol. The van der Waals surface area contributed by atoms with Crippen molar-refractivity contribution in [1.82, 2.24) is 5.32 Å². The fourth-order valence-corrected chi connectivity index (χ4v) is 1.18. The summed E-state index contributed by atoms with van der Waals surface area (Å²) >= 11 is 0. The van der Waals surface area contributed by atoms with Crippen LogP contribution in [-0.4, -0.2) is 31.7 Å². The van der Waals surface area contributed by atoms with E-state index in [0.29, 0.717) is 13.2 Å². The van der Waals surface area contributed by atoms with Crippen LogP contribution in [0.2, 0.25) is 0 Å². The first-order valence-corrected chi connectivity index (χ1v) is 5.72. The number of hydrogen-bond acceptors (Lipinski definition) is 3. The molecule has 0 spiro atoms. The minimum atomic E-state index is -0.131. The number of ether oxygens (including phenoxy) is 1. The van der Waals surface area contributed by atoms with Gasteiger partial charge in [0.05, 0.1) is 6.61 Å². The maximum absolute atomic E-state index is 11.4. The van der Waals surface area contributed by atoms with Crippen molar-refractivity contribution < 1.29 is 9.53 Å². The summed E-state index contributed by atoms with van der Waals surface area (Å²) in [5.74, 6) is 0.664. The Hall–Kier alpha value is -0.320. The number of halogens is 1. The van der Waals surface area contributed by atoms with Crippen molar-refractivity contribution >= 4 is 18.3 Å². The maximum Gasteiger partial charge on any atom is 0.224 e. The number of rotatable bonds is 7. The molecule has 2 atom stereocenters. The Balaban J connectivity index is 0.00000225. The highest BCUT2D eigenvalue weighted by molar-refractivity contribution is 5.85. The van der Waals surface area contributed by atoms with Gasteiger partial charge in [0.1, 0.15) is 0 Å². The molecule has 0 heterocycles. The van der Waals surface area contributed by atoms with Gasteiger partial charge < -0.3 is 15.8 Å². The maximum atomic E-state index is 11.4. The average Bonchev–Trinajstić information content (AvgIpc) is 2.99. The van der Waals surface area contributed by atoms with Gasteiger partial charge in [0.2, 0.25) is 5.91 Å². The van der Waals surface area contributed by atoms with Gasteiger partial charge in [-0.25, -0.2) is 0 Å². The van der Waals surface area contributed by atoms with E-state index in [0.717, 1.165) is 12.5 Å². The smallest absolute Gasteiger partial charge is 0.224 e. The molecule has 1 aliphatic rings. The summed E-state index contributed by atoms with van der Waals surface area (Å²) in [5, 5.41) is 2.81. The van der Waals surface area contributed by atoms with Gasteiger partial charge in [-0.05, 0) is 25.7 Å². The van der Waals surface area contributed by atoms with Crippen molar-refractivity contribution in [3.63, 3.8) is 0 Å². The quantitative estimate of drug-likeness (QED) is 0.661. The zero-order chi connectivity index (χ0) is 11.3. The summed E-state index contributed by atoms with van der Waals surface area (Å²) in [6, 6.07) is -0.0996. The lowest BCUT2D eigenvalue weighted by Crippen LogP contribution is -2.39. The number of carbonyl (C=O) groups is 1. The topological polar surface area (TPSA) is 64.4 Å². The Kier molecular flexibility index (Phi) is 7.72. The Labute approximate surface area is 104 Å². The van der Waals surface area contributed by atoms with Crippen molar-refractivity contribution in [2.24, 2.45) is 17.6 Å². The van der Waals surface area contributed by atoms with E-state index in [2.05, 4.69) is 5.32 Å². The Morgan fingerprint density at radius 2 is 2.12 bits per heavy atom. The molecular weight excluding hydrogens is 228 g/mol. The predicted octanol–water partition coefficient (Wildman–Crippen LogP) is 0.934. The second kappa shape index (κ2) is 7.87. The molecule has 1 saturated carbocycles. The van der Waals surface area contributed by atoms with Gasteiger partial charge in [0, 0.05) is 25.1 Å². The first-order chi connectivity index (χ1) is 7.11. The molecule has 0 saturated heterocycles. The van der Waals surface area contributed by atoms with Gasteiger partial charge >= 0.3 is 0 Å². The van der Waals surface area contributed by atoms with Crippen LogP contribution >= 0.6 is 12.4 Å². The SMILES string of the molecule is CC(N)C(C)C(=O)NCCOCC1CC1.Cl. The van der Waals surface area contributed by atoms with E-state index in [-0.39, 0.29) is 30.3 Å². The van der Waals surface area contributed by atoms with Gasteiger partial charge in [-0.3, -0.25) is 4.79 Å². The molecule has 1 amide bonds. The van der Waals surface area contributed by atoms with Crippen LogP contribution in [0.5, 0.6) is 0 Å². The Morgan fingerprint density at radius 3 is 2.62 bits per heavy atom. The van der Waals surface area contributed by atoms with Crippen LogP contribution in [0.25, 0.3) is 0 Å². The van der Waals surface area contributed by atoms with Crippen LogP contribution in [0.15, 0.2) is 0 Å². The molecule has 2 unspecified atom stereocenters. The molecule has 1 rings (SSSR count). The van der Waals surface area contributed by atoms with E-state index in [1.165, 1.54) is 12.8 Å². The molecule has 0 bridgehead atoms. The second-order valence-electron chi connectivity index (χ2n) is 4.46. The number of nitrogens with two attached hydrogens (primary N) is 1. The van der Waals surface area contributed by atoms with Crippen LogP contribution in [0, 0.1) is 11.8 Å². The fraction of sp³-hybridized carbons (Fsp3) is 0.909. The van der Waals surface area contributed by atoms with Crippen molar-refractivity contribution in [2.45, 2.75) is 32.7 Å². The van der Waals surface area contributed by atoms with E-state index in [1.54, 1.807) is 0 Å². The van der Waals surface area contributed by atoms with Crippen LogP contribution < -0.4 is 11.1 Å². The number of amides is 1. The third-order valence-corrected chi connectivity index (χ3v) is 2.80. The molecule has 0 aliphatic heterocycles. The molecule has 5 heteroatoms. The van der Waals surface area contributed by atoms with Crippen LogP contribution in [0.4, 0.5) is 0 Å². The van der Waals surface area contributed by atoms with Gasteiger partial charge in [-0.1, -0.05) is 6.92 Å². The summed E-state index contributed by atoms with van der Waals surface area (Å²) in [7, 11) is 0. The first kappa shape index (κ1) is 15.7. The highest BCUT2D eigenvalue weighted by atomic mass is 35.5. The molecule has 0 aromatic heterocycles. The molecule has 16 heavy (non-hydrogen) atoms. The normalized spacial score (nSPS) is 18.4. The molecule has 0 radical (unpaired) electrons. The highest BCUT2D eigenvalue weighted by Crippen LogP contribution is 2.28. The minimum Gasteiger partial charge on any atom is -0.379 e. The van der Waals surface area contributed by atoms with Crippen molar-refractivity contribution in [3.8, 4) is 0 Å². The predicted molar refractivity (Wildman–Crippen MR) is 66.6 cm³/mol. The van der Waals surface area contributed by atoms with Gasteiger partial charge in [-0.15, -0.1) is 12.4 Å². The average molecular weight is 251 g/mol. The zero-order valence-electron chi connectivity index (χ0n) is 10.1. The summed E-state index contributed by atoms with van der Waals surface area (Å²) in [4.78, 5) is 11.4. The summed E-state index contributed by atoms with van der Waals surface area (Å²) < 4.78 is 5.40. The lowest BCUT2D eigenvalue weighted by molar-refractivity contribution is -0.125.